The highest BCUT2D eigenvalue weighted by atomic mass is 28.3. The minimum absolute atomic E-state index is 0.0102. The van der Waals surface area contributed by atoms with Crippen LogP contribution in [-0.4, -0.2) is 27.4 Å². The monoisotopic (exact) mass is 1420 g/mol. The van der Waals surface area contributed by atoms with Crippen molar-refractivity contribution < 1.29 is 0 Å². The van der Waals surface area contributed by atoms with E-state index in [-0.39, 0.29) is 23.0 Å². The maximum Gasteiger partial charge on any atom is 0.252 e. The molecule has 0 fully saturated rings. The van der Waals surface area contributed by atoms with E-state index in [0.717, 1.165) is 50.8 Å². The van der Waals surface area contributed by atoms with Crippen molar-refractivity contribution >= 4 is 137 Å². The lowest BCUT2D eigenvalue weighted by Crippen LogP contribution is -2.75. The van der Waals surface area contributed by atoms with Crippen molar-refractivity contribution in [3.8, 4) is 27.9 Å². The molecule has 0 bridgehead atoms. The minimum atomic E-state index is -3.17. The van der Waals surface area contributed by atoms with Crippen LogP contribution in [0.15, 0.2) is 370 Å². The van der Waals surface area contributed by atoms with Gasteiger partial charge in [0.15, 0.2) is 16.1 Å². The molecule has 0 aliphatic carbocycles. The summed E-state index contributed by atoms with van der Waals surface area (Å²) < 4.78 is 2.55. The molecular weight excluding hydrogens is 1330 g/mol. The minimum Gasteiger partial charge on any atom is -0.311 e. The van der Waals surface area contributed by atoms with Crippen LogP contribution in [0.2, 0.25) is 0 Å². The van der Waals surface area contributed by atoms with E-state index < -0.39 is 16.1 Å². The van der Waals surface area contributed by atoms with Gasteiger partial charge in [-0.1, -0.05) is 378 Å². The average Bonchev–Trinajstić information content (AvgIpc) is 0.793. The van der Waals surface area contributed by atoms with Gasteiger partial charge in [-0.05, 0) is 162 Å². The van der Waals surface area contributed by atoms with Crippen LogP contribution in [0.4, 0.5) is 34.1 Å². The third kappa shape index (κ3) is 11.3. The summed E-state index contributed by atoms with van der Waals surface area (Å²) in [6.45, 7) is 20.7. The Hall–Kier alpha value is -11.8. The highest BCUT2D eigenvalue weighted by molar-refractivity contribution is 7.20. The molecule has 3 nitrogen and oxygen atoms in total. The Balaban J connectivity index is 0.998. The topological polar surface area (TPSA) is 11.4 Å². The van der Waals surface area contributed by atoms with Gasteiger partial charge in [0.1, 0.15) is 0 Å². The third-order valence-corrected chi connectivity index (χ3v) is 32.9. The first-order valence-corrected chi connectivity index (χ1v) is 42.3. The van der Waals surface area contributed by atoms with Gasteiger partial charge in [-0.2, -0.15) is 0 Å². The van der Waals surface area contributed by atoms with Crippen LogP contribution in [0.3, 0.4) is 0 Å². The summed E-state index contributed by atoms with van der Waals surface area (Å²) in [4.78, 5) is 5.36. The molecule has 0 unspecified atom stereocenters. The van der Waals surface area contributed by atoms with Crippen molar-refractivity contribution in [3.05, 3.63) is 387 Å². The predicted octanol–water partition coefficient (Wildman–Crippen LogP) is 18.8. The van der Waals surface area contributed by atoms with Gasteiger partial charge in [0, 0.05) is 44.8 Å². The van der Waals surface area contributed by atoms with Gasteiger partial charge in [0.25, 0.3) is 6.71 Å². The number of hydrogen-bond acceptors (Lipinski definition) is 2. The van der Waals surface area contributed by atoms with Crippen LogP contribution in [0.5, 0.6) is 0 Å². The van der Waals surface area contributed by atoms with Crippen molar-refractivity contribution in [2.45, 2.75) is 78.6 Å². The first-order chi connectivity index (χ1) is 52.5. The van der Waals surface area contributed by atoms with Gasteiger partial charge in [0.2, 0.25) is 0 Å². The zero-order chi connectivity index (χ0) is 73.7. The van der Waals surface area contributed by atoms with Gasteiger partial charge in [-0.15, -0.1) is 0 Å². The summed E-state index contributed by atoms with van der Waals surface area (Å²) in [5.74, 6) is 0. The number of aromatic nitrogens is 1. The molecule has 2 aliphatic rings. The molecule has 3 heterocycles. The van der Waals surface area contributed by atoms with Crippen molar-refractivity contribution in [1.82, 2.24) is 4.57 Å². The average molecular weight is 1420 g/mol. The summed E-state index contributed by atoms with van der Waals surface area (Å²) in [5.41, 5.74) is 22.3. The molecular formula is C102H88BN3Si2. The first-order valence-electron chi connectivity index (χ1n) is 38.3. The molecule has 0 N–H and O–H groups in total. The van der Waals surface area contributed by atoms with E-state index in [4.69, 9.17) is 0 Å². The quantitative estimate of drug-likeness (QED) is 0.0842. The van der Waals surface area contributed by atoms with Crippen molar-refractivity contribution in [2.75, 3.05) is 9.80 Å². The molecule has 0 atom stereocenters. The number of fused-ring (bicyclic) bond motifs is 7. The Morgan fingerprint density at radius 2 is 0.593 bits per heavy atom. The zero-order valence-corrected chi connectivity index (χ0v) is 65.1. The summed E-state index contributed by atoms with van der Waals surface area (Å²) in [6.07, 6.45) is 0. The first kappa shape index (κ1) is 68.0. The molecule has 1 aromatic heterocycles. The van der Waals surface area contributed by atoms with Crippen LogP contribution in [0.1, 0.15) is 79.0 Å². The van der Waals surface area contributed by atoms with Crippen LogP contribution in [0.25, 0.3) is 49.7 Å². The molecule has 108 heavy (non-hydrogen) atoms. The summed E-state index contributed by atoms with van der Waals surface area (Å²) in [5, 5.41) is 13.1. The number of rotatable bonds is 13. The largest absolute Gasteiger partial charge is 0.311 e. The Morgan fingerprint density at radius 1 is 0.241 bits per heavy atom. The molecule has 18 rings (SSSR count). The lowest BCUT2D eigenvalue weighted by Gasteiger charge is -2.46. The number of para-hydroxylation sites is 2. The third-order valence-electron chi connectivity index (χ3n) is 23.4. The maximum absolute atomic E-state index is 3.17. The maximum atomic E-state index is 2.70. The number of benzene rings is 15. The Labute approximate surface area is 639 Å². The van der Waals surface area contributed by atoms with E-state index in [1.165, 1.54) is 108 Å². The molecule has 0 saturated carbocycles. The van der Waals surface area contributed by atoms with Gasteiger partial charge in [-0.25, -0.2) is 0 Å². The van der Waals surface area contributed by atoms with Gasteiger partial charge >= 0.3 is 0 Å². The number of nitrogens with zero attached hydrogens (tertiary/aromatic N) is 3. The Bertz CT molecular complexity index is 5770. The molecule has 6 heteroatoms. The number of anilines is 6. The van der Waals surface area contributed by atoms with E-state index in [1.54, 1.807) is 0 Å². The zero-order valence-electron chi connectivity index (χ0n) is 63.1. The second-order valence-corrected chi connectivity index (χ2v) is 40.4. The van der Waals surface area contributed by atoms with Gasteiger partial charge in [-0.3, -0.25) is 0 Å². The molecule has 522 valence electrons. The van der Waals surface area contributed by atoms with Crippen molar-refractivity contribution in [2.24, 2.45) is 0 Å². The molecule has 0 amide bonds. The Morgan fingerprint density at radius 3 is 1.05 bits per heavy atom. The highest BCUT2D eigenvalue weighted by Crippen LogP contribution is 2.50. The fourth-order valence-electron chi connectivity index (χ4n) is 18.0. The molecule has 2 aliphatic heterocycles. The van der Waals surface area contributed by atoms with E-state index in [1.807, 2.05) is 0 Å². The van der Waals surface area contributed by atoms with E-state index in [0.29, 0.717) is 0 Å². The predicted molar refractivity (Wildman–Crippen MR) is 469 cm³/mol. The number of hydrogen-bond donors (Lipinski definition) is 0. The van der Waals surface area contributed by atoms with Crippen LogP contribution < -0.4 is 67.7 Å². The molecule has 15 aromatic carbocycles. The van der Waals surface area contributed by atoms with E-state index >= 15 is 0 Å². The molecule has 0 saturated heterocycles. The SMILES string of the molecule is CC(C)(C)c1ccc(-c2ccc3c(c2)B2c4cc([Si](c5ccccc5)(c5ccccc5)c5ccccc5)ccc4N(c4ccc([Si](c5ccccc5)(c5ccccc5)c5ccccc5)cc4)c4cc(-n5c6ccccc6c6ccccc65)cc(c42)N3c2cc(C(C)(C)C)ccc2-c2ccc(C(C)(C)C)cc2)cc1. The summed E-state index contributed by atoms with van der Waals surface area (Å²) in [7, 11) is -6.14. The second-order valence-electron chi connectivity index (χ2n) is 32.8. The Kier molecular flexibility index (Phi) is 16.8. The molecule has 0 radical (unpaired) electrons. The fraction of sp³-hybridized carbons (Fsp3) is 0.118. The van der Waals surface area contributed by atoms with E-state index in [2.05, 4.69) is 447 Å². The lowest BCUT2D eigenvalue weighted by atomic mass is 9.33. The van der Waals surface area contributed by atoms with Crippen LogP contribution >= 0.6 is 0 Å². The van der Waals surface area contributed by atoms with Gasteiger partial charge in [0.05, 0.1) is 22.4 Å². The standard InChI is InChI=1S/C102H88BN3Si2/c1-100(2,3)74-53-48-71(49-54-74)73-52-64-95-90(66-73)103-91-70-86(108(82-38-22-13-23-39-82,83-40-24-14-25-41-83)84-42-26-15-27-43-84)62-65-94(91)104(77-58-60-85(61-59-77)107(79-32-16-10-17-33-79,80-34-18-11-19-35-80)81-36-20-12-21-37-81)97-68-78(105-92-46-30-28-44-88(92)89-45-29-31-47-93(89)105)69-98(99(97)103)106(95)96-67-76(102(7,8)9)57-63-87(96)72-50-55-75(56-51-72)101(4,5)6/h10-70H,1-9H3. The van der Waals surface area contributed by atoms with Crippen molar-refractivity contribution in [1.29, 1.82) is 0 Å². The fourth-order valence-corrected chi connectivity index (χ4v) is 27.5. The normalized spacial score (nSPS) is 13.0. The smallest absolute Gasteiger partial charge is 0.252 e. The van der Waals surface area contributed by atoms with Crippen LogP contribution in [-0.2, 0) is 16.2 Å². The highest BCUT2D eigenvalue weighted by Gasteiger charge is 2.49. The van der Waals surface area contributed by atoms with Crippen molar-refractivity contribution in [3.63, 3.8) is 0 Å². The summed E-state index contributed by atoms with van der Waals surface area (Å²) in [6, 6.07) is 143. The summed E-state index contributed by atoms with van der Waals surface area (Å²) >= 11 is 0. The molecule has 16 aromatic rings. The van der Waals surface area contributed by atoms with E-state index in [9.17, 15) is 0 Å². The van der Waals surface area contributed by atoms with Gasteiger partial charge < -0.3 is 14.4 Å². The lowest BCUT2D eigenvalue weighted by molar-refractivity contribution is 0.590. The molecule has 0 spiro atoms. The second kappa shape index (κ2) is 26.6. The van der Waals surface area contributed by atoms with Crippen LogP contribution in [0, 0.1) is 0 Å².